The Balaban J connectivity index is 5.38. The molecule has 0 aromatic rings. The second-order valence-electron chi connectivity index (χ2n) is 7.70. The van der Waals surface area contributed by atoms with E-state index in [2.05, 4.69) is 16.0 Å². The van der Waals surface area contributed by atoms with E-state index in [9.17, 15) is 34.2 Å². The maximum absolute atomic E-state index is 12.6. The van der Waals surface area contributed by atoms with Crippen LogP contribution >= 0.6 is 0 Å². The number of aliphatic hydroxyl groups is 2. The van der Waals surface area contributed by atoms with Gasteiger partial charge < -0.3 is 42.1 Å². The summed E-state index contributed by atoms with van der Waals surface area (Å²) < 4.78 is 0. The van der Waals surface area contributed by atoms with Crippen molar-refractivity contribution in [2.24, 2.45) is 11.7 Å². The molecule has 9 N–H and O–H groups in total. The van der Waals surface area contributed by atoms with E-state index >= 15 is 0 Å². The molecule has 13 heteroatoms. The molecular weight excluding hydrogens is 428 g/mol. The summed E-state index contributed by atoms with van der Waals surface area (Å²) in [6, 6.07) is -5.67. The van der Waals surface area contributed by atoms with Gasteiger partial charge in [-0.2, -0.15) is 0 Å². The first-order valence-electron chi connectivity index (χ1n) is 10.2. The van der Waals surface area contributed by atoms with Crippen LogP contribution in [0, 0.1) is 5.92 Å². The number of nitrogens with two attached hydrogens (primary N) is 1. The summed E-state index contributed by atoms with van der Waals surface area (Å²) in [4.78, 5) is 59.3. The highest BCUT2D eigenvalue weighted by Gasteiger charge is 2.34. The molecule has 0 fully saturated rings. The third kappa shape index (κ3) is 9.58. The standard InChI is InChI=1S/C19H34N4O9/c1-5-8(2)13(20)16(28)22-15(10(4)25)18(30)23-14(9(3)24)17(29)21-11(19(31)32)6-7-12(26)27/h8-11,13-15,24-25H,5-7,20H2,1-4H3,(H,21,29)(H,22,28)(H,23,30)(H,26,27)(H,31,32). The zero-order valence-corrected chi connectivity index (χ0v) is 18.6. The maximum Gasteiger partial charge on any atom is 0.326 e. The number of aliphatic hydroxyl groups excluding tert-OH is 2. The van der Waals surface area contributed by atoms with Gasteiger partial charge in [0.05, 0.1) is 18.2 Å². The van der Waals surface area contributed by atoms with Crippen molar-refractivity contribution in [1.29, 1.82) is 0 Å². The van der Waals surface area contributed by atoms with E-state index in [1.165, 1.54) is 6.92 Å². The number of carbonyl (C=O) groups is 5. The van der Waals surface area contributed by atoms with Gasteiger partial charge in [0.25, 0.3) is 0 Å². The minimum atomic E-state index is -1.64. The van der Waals surface area contributed by atoms with Crippen molar-refractivity contribution in [1.82, 2.24) is 16.0 Å². The van der Waals surface area contributed by atoms with Crippen LogP contribution in [0.1, 0.15) is 47.0 Å². The number of hydrogen-bond donors (Lipinski definition) is 8. The Morgan fingerprint density at radius 2 is 1.25 bits per heavy atom. The van der Waals surface area contributed by atoms with E-state index in [1.54, 1.807) is 6.92 Å². The molecule has 0 aliphatic rings. The zero-order chi connectivity index (χ0) is 25.2. The molecule has 0 radical (unpaired) electrons. The SMILES string of the molecule is CCC(C)C(N)C(=O)NC(C(=O)NC(C(=O)NC(CCC(=O)O)C(=O)O)C(C)O)C(C)O. The van der Waals surface area contributed by atoms with Crippen molar-refractivity contribution in [2.45, 2.75) is 83.3 Å². The molecule has 0 aliphatic carbocycles. The Bertz CT molecular complexity index is 684. The quantitative estimate of drug-likeness (QED) is 0.135. The first-order chi connectivity index (χ1) is 14.7. The number of carbonyl (C=O) groups excluding carboxylic acids is 3. The van der Waals surface area contributed by atoms with Crippen LogP contribution in [0.25, 0.3) is 0 Å². The van der Waals surface area contributed by atoms with Crippen molar-refractivity contribution < 1.29 is 44.4 Å². The van der Waals surface area contributed by atoms with E-state index in [-0.39, 0.29) is 5.92 Å². The molecule has 184 valence electrons. The Morgan fingerprint density at radius 1 is 0.812 bits per heavy atom. The fourth-order valence-electron chi connectivity index (χ4n) is 2.60. The summed E-state index contributed by atoms with van der Waals surface area (Å²) in [6.07, 6.45) is -3.23. The minimum Gasteiger partial charge on any atom is -0.481 e. The van der Waals surface area contributed by atoms with Crippen LogP contribution in [0.5, 0.6) is 0 Å². The smallest absolute Gasteiger partial charge is 0.326 e. The number of aliphatic carboxylic acids is 2. The van der Waals surface area contributed by atoms with Crippen LogP contribution < -0.4 is 21.7 Å². The second-order valence-corrected chi connectivity index (χ2v) is 7.70. The number of rotatable bonds is 14. The summed E-state index contributed by atoms with van der Waals surface area (Å²) in [5.41, 5.74) is 5.82. The van der Waals surface area contributed by atoms with Crippen molar-refractivity contribution >= 4 is 29.7 Å². The Labute approximate surface area is 185 Å². The van der Waals surface area contributed by atoms with Crippen molar-refractivity contribution in [3.63, 3.8) is 0 Å². The van der Waals surface area contributed by atoms with E-state index in [0.29, 0.717) is 6.42 Å². The molecule has 32 heavy (non-hydrogen) atoms. The summed E-state index contributed by atoms with van der Waals surface area (Å²) in [6.45, 7) is 5.94. The lowest BCUT2D eigenvalue weighted by molar-refractivity contribution is -0.144. The van der Waals surface area contributed by atoms with E-state index in [4.69, 9.17) is 15.9 Å². The van der Waals surface area contributed by atoms with Gasteiger partial charge in [0, 0.05) is 6.42 Å². The molecule has 7 atom stereocenters. The van der Waals surface area contributed by atoms with Gasteiger partial charge in [-0.05, 0) is 26.2 Å². The number of hydrogen-bond acceptors (Lipinski definition) is 8. The molecule has 3 amide bonds. The van der Waals surface area contributed by atoms with Crippen LogP contribution in [0.2, 0.25) is 0 Å². The fourth-order valence-corrected chi connectivity index (χ4v) is 2.60. The molecule has 0 aliphatic heterocycles. The van der Waals surface area contributed by atoms with Crippen LogP contribution in [0.15, 0.2) is 0 Å². The molecule has 0 rings (SSSR count). The largest absolute Gasteiger partial charge is 0.481 e. The van der Waals surface area contributed by atoms with Crippen LogP contribution in [0.3, 0.4) is 0 Å². The number of carboxylic acids is 2. The molecule has 0 saturated carbocycles. The summed E-state index contributed by atoms with van der Waals surface area (Å²) >= 11 is 0. The number of nitrogens with one attached hydrogen (secondary N) is 3. The van der Waals surface area contributed by atoms with Gasteiger partial charge in [0.15, 0.2) is 0 Å². The lowest BCUT2D eigenvalue weighted by Crippen LogP contribution is -2.62. The molecule has 7 unspecified atom stereocenters. The molecule has 0 aromatic carbocycles. The maximum atomic E-state index is 12.6. The van der Waals surface area contributed by atoms with Crippen LogP contribution in [-0.4, -0.2) is 86.5 Å². The zero-order valence-electron chi connectivity index (χ0n) is 18.6. The van der Waals surface area contributed by atoms with Crippen molar-refractivity contribution in [3.8, 4) is 0 Å². The monoisotopic (exact) mass is 462 g/mol. The van der Waals surface area contributed by atoms with E-state index in [1.807, 2.05) is 6.92 Å². The fraction of sp³-hybridized carbons (Fsp3) is 0.737. The lowest BCUT2D eigenvalue weighted by Gasteiger charge is -2.28. The average Bonchev–Trinajstić information content (AvgIpc) is 2.70. The highest BCUT2D eigenvalue weighted by atomic mass is 16.4. The predicted octanol–water partition coefficient (Wildman–Crippen LogP) is -2.47. The number of carboxylic acid groups (broad SMARTS) is 2. The molecule has 0 spiro atoms. The van der Waals surface area contributed by atoms with E-state index in [0.717, 1.165) is 6.92 Å². The van der Waals surface area contributed by atoms with Crippen molar-refractivity contribution in [2.75, 3.05) is 0 Å². The highest BCUT2D eigenvalue weighted by Crippen LogP contribution is 2.07. The number of amides is 3. The third-order valence-corrected chi connectivity index (χ3v) is 4.95. The van der Waals surface area contributed by atoms with E-state index < -0.39 is 78.9 Å². The van der Waals surface area contributed by atoms with Gasteiger partial charge in [-0.15, -0.1) is 0 Å². The molecule has 0 aromatic heterocycles. The third-order valence-electron chi connectivity index (χ3n) is 4.95. The molecule has 0 bridgehead atoms. The summed E-state index contributed by atoms with van der Waals surface area (Å²) in [5.74, 6) is -5.76. The minimum absolute atomic E-state index is 0.206. The second kappa shape index (κ2) is 13.6. The Morgan fingerprint density at radius 3 is 1.62 bits per heavy atom. The van der Waals surface area contributed by atoms with Gasteiger partial charge in [0.2, 0.25) is 17.7 Å². The highest BCUT2D eigenvalue weighted by molar-refractivity contribution is 5.94. The normalized spacial score (nSPS) is 17.6. The summed E-state index contributed by atoms with van der Waals surface area (Å²) in [7, 11) is 0. The first kappa shape index (κ1) is 29.2. The van der Waals surface area contributed by atoms with Crippen LogP contribution in [-0.2, 0) is 24.0 Å². The van der Waals surface area contributed by atoms with Gasteiger partial charge in [-0.25, -0.2) is 4.79 Å². The van der Waals surface area contributed by atoms with Crippen LogP contribution in [0.4, 0.5) is 0 Å². The van der Waals surface area contributed by atoms with Gasteiger partial charge in [-0.3, -0.25) is 19.2 Å². The molecule has 13 nitrogen and oxygen atoms in total. The lowest BCUT2D eigenvalue weighted by atomic mass is 9.98. The molecular formula is C19H34N4O9. The van der Waals surface area contributed by atoms with Gasteiger partial charge in [0.1, 0.15) is 18.1 Å². The Kier molecular flexibility index (Phi) is 12.4. The average molecular weight is 463 g/mol. The van der Waals surface area contributed by atoms with Gasteiger partial charge >= 0.3 is 11.9 Å². The van der Waals surface area contributed by atoms with Crippen molar-refractivity contribution in [3.05, 3.63) is 0 Å². The summed E-state index contributed by atoms with van der Waals surface area (Å²) in [5, 5.41) is 44.2. The Hall–Kier alpha value is -2.77. The molecule has 0 saturated heterocycles. The topological polar surface area (TPSA) is 228 Å². The van der Waals surface area contributed by atoms with Gasteiger partial charge in [-0.1, -0.05) is 20.3 Å². The predicted molar refractivity (Wildman–Crippen MR) is 111 cm³/mol. The molecule has 0 heterocycles. The first-order valence-corrected chi connectivity index (χ1v) is 10.2.